The van der Waals surface area contributed by atoms with E-state index in [-0.39, 0.29) is 99.2 Å². The molecule has 3 atom stereocenters. The highest BCUT2D eigenvalue weighted by atomic mass is 35.5. The first kappa shape index (κ1) is 92.4. The van der Waals surface area contributed by atoms with Gasteiger partial charge in [0.1, 0.15) is 35.2 Å². The van der Waals surface area contributed by atoms with Gasteiger partial charge in [-0.2, -0.15) is 0 Å². The molecule has 0 radical (unpaired) electrons. The zero-order valence-electron chi connectivity index (χ0n) is 68.4. The summed E-state index contributed by atoms with van der Waals surface area (Å²) in [7, 11) is -1.20. The number of Topliss-reactive ketones (excluding diaryl/α,β-unsaturated/α-hetero) is 2. The zero-order valence-corrected chi connectivity index (χ0v) is 73.4. The molecule has 3 heterocycles. The number of ketones is 2. The van der Waals surface area contributed by atoms with Crippen LogP contribution >= 0.6 is 34.8 Å². The van der Waals surface area contributed by atoms with E-state index in [1.165, 1.54) is 43.5 Å². The van der Waals surface area contributed by atoms with Crippen molar-refractivity contribution in [3.63, 3.8) is 0 Å². The molecular weight excluding hydrogens is 1550 g/mol. The van der Waals surface area contributed by atoms with Crippen LogP contribution < -0.4 is 37.1 Å². The Kier molecular flexibility index (Phi) is 29.5. The van der Waals surface area contributed by atoms with Crippen molar-refractivity contribution in [1.29, 1.82) is 0 Å². The normalized spacial score (nSPS) is 15.2. The van der Waals surface area contributed by atoms with Crippen molar-refractivity contribution in [2.24, 2.45) is 0 Å². The van der Waals surface area contributed by atoms with Crippen molar-refractivity contribution in [3.8, 4) is 56.8 Å². The summed E-state index contributed by atoms with van der Waals surface area (Å²) in [6.45, 7) is 38.5. The van der Waals surface area contributed by atoms with Gasteiger partial charge in [0.2, 0.25) is 0 Å². The van der Waals surface area contributed by atoms with Crippen LogP contribution in [0.2, 0.25) is 51.3 Å². The molecule has 25 heteroatoms. The predicted molar refractivity (Wildman–Crippen MR) is 439 cm³/mol. The molecule has 3 unspecified atom stereocenters. The van der Waals surface area contributed by atoms with Crippen molar-refractivity contribution in [2.45, 2.75) is 237 Å². The fourth-order valence-electron chi connectivity index (χ4n) is 11.6. The van der Waals surface area contributed by atoms with Crippen LogP contribution in [0.25, 0.3) is 33.8 Å². The van der Waals surface area contributed by atoms with Gasteiger partial charge in [0.15, 0.2) is 56.8 Å². The number of rotatable bonds is 28. The van der Waals surface area contributed by atoms with Crippen LogP contribution in [-0.4, -0.2) is 96.6 Å². The number of pyridine rings is 3. The van der Waals surface area contributed by atoms with E-state index >= 15 is 0 Å². The second kappa shape index (κ2) is 35.7. The van der Waals surface area contributed by atoms with Crippen LogP contribution in [0.5, 0.6) is 23.0 Å². The van der Waals surface area contributed by atoms with Gasteiger partial charge in [-0.3, -0.25) is 9.59 Å². The molecule has 608 valence electrons. The quantitative estimate of drug-likeness (QED) is 0.0226. The molecule has 112 heavy (non-hydrogen) atoms. The molecule has 2 aliphatic rings. The Morgan fingerprint density at radius 1 is 0.446 bits per heavy atom. The van der Waals surface area contributed by atoms with E-state index in [1.807, 2.05) is 52.0 Å². The number of aromatic nitrogens is 3. The number of hydrogen-bond donors (Lipinski definition) is 5. The molecule has 0 bridgehead atoms. The maximum Gasteiger partial charge on any atom is 0.193 e. The topological polar surface area (TPSA) is 237 Å². The lowest BCUT2D eigenvalue weighted by Crippen LogP contribution is -3.00. The number of hydrogen-bond acceptors (Lipinski definition) is 15. The monoisotopic (exact) mass is 1660 g/mol. The molecule has 2 fully saturated rings. The summed E-state index contributed by atoms with van der Waals surface area (Å²) in [4.78, 5) is 40.3. The van der Waals surface area contributed by atoms with Crippen LogP contribution in [0.15, 0.2) is 127 Å². The largest absolute Gasteiger partial charge is 1.00 e. The smallest absolute Gasteiger partial charge is 0.193 e. The number of ether oxygens (including phenoxy) is 4. The van der Waals surface area contributed by atoms with Crippen molar-refractivity contribution >= 4 is 63.0 Å². The maximum absolute atomic E-state index is 14.0. The molecule has 8 aromatic rings. The Balaban J connectivity index is 0.000000236. The van der Waals surface area contributed by atoms with Gasteiger partial charge in [-0.05, 0) is 281 Å². The van der Waals surface area contributed by atoms with E-state index < -0.39 is 67.7 Å². The number of carbonyl (C=O) groups is 2. The van der Waals surface area contributed by atoms with Crippen LogP contribution in [0.3, 0.4) is 0 Å². The zero-order chi connectivity index (χ0) is 82.7. The van der Waals surface area contributed by atoms with Crippen molar-refractivity contribution in [3.05, 3.63) is 205 Å². The lowest BCUT2D eigenvalue weighted by molar-refractivity contribution is -0.400. The summed E-state index contributed by atoms with van der Waals surface area (Å²) < 4.78 is 77.6. The fraction of sp³-hybridized carbons (Fsp3) is 0.460. The summed E-state index contributed by atoms with van der Waals surface area (Å²) in [6, 6.07) is 34.3. The van der Waals surface area contributed by atoms with Crippen molar-refractivity contribution in [1.82, 2.24) is 15.0 Å². The molecule has 0 saturated heterocycles. The third-order valence-electron chi connectivity index (χ3n) is 21.3. The van der Waals surface area contributed by atoms with E-state index in [1.54, 1.807) is 108 Å². The minimum atomic E-state index is -2.20. The Bertz CT molecular complexity index is 4680. The number of methoxy groups -OCH3 is 2. The molecule has 3 aromatic heterocycles. The molecule has 7 N–H and O–H groups in total. The third kappa shape index (κ3) is 23.7. The standard InChI is InChI=1S/C35H45ClFNO5Si.C29H31ClFNO5.C23H34ClFN2O2Si.ClH/c1-33(2,3)44(8,9)43-34(4,5)24-20-28(22-10-14-27(37)26(36)18-22)38-32(21-24)35(6,40)17-16-29(39)23-11-15-30(31(19-23)41-7)42-25-12-13-25;1-28(2,34)19-15-23(17-5-9-22(31)21(30)13-17)32-27(16-19)29(3,35)12-11-24(33)18-6-10-25(26(14-18)36-4)37-20-7-8-20;1-21(2,3)30(7,8)29-22(4,5)16-12-19(15-9-10-18(25)17(24)11-15)27-20(13-16)23(6,28)14-26;/h10-11,14-15,18-21,25,40H,12-13,16-17H2,1-9H3;5-6,9-10,13-16,20,34-35H,7-8,11-12H2,1-4H3;9-13,28H,14,26H2,1-8H3;1H. The summed E-state index contributed by atoms with van der Waals surface area (Å²) >= 11 is 18.1. The molecule has 10 rings (SSSR count). The Hall–Kier alpha value is -6.81. The number of carbonyl (C=O) groups excluding carboxylic acids is 2. The minimum absolute atomic E-state index is 0. The van der Waals surface area contributed by atoms with Gasteiger partial charge in [-0.15, -0.1) is 0 Å². The van der Waals surface area contributed by atoms with Gasteiger partial charge in [0, 0.05) is 40.7 Å². The number of benzene rings is 5. The molecule has 2 saturated carbocycles. The van der Waals surface area contributed by atoms with Gasteiger partial charge < -0.3 is 66.4 Å². The van der Waals surface area contributed by atoms with E-state index in [0.717, 1.165) is 36.8 Å². The Morgan fingerprint density at radius 2 is 0.750 bits per heavy atom. The van der Waals surface area contributed by atoms with Crippen LogP contribution in [-0.2, 0) is 42.5 Å². The van der Waals surface area contributed by atoms with Gasteiger partial charge in [0.05, 0.1) is 92.5 Å². The first-order chi connectivity index (χ1) is 51.2. The van der Waals surface area contributed by atoms with Gasteiger partial charge in [-0.1, -0.05) is 76.3 Å². The Morgan fingerprint density at radius 3 is 1.03 bits per heavy atom. The number of halogens is 7. The molecule has 0 spiro atoms. The highest BCUT2D eigenvalue weighted by Gasteiger charge is 2.45. The summed E-state index contributed by atoms with van der Waals surface area (Å²) in [5.74, 6) is 0.363. The average molecular weight is 1660 g/mol. The third-order valence-corrected chi connectivity index (χ3v) is 31.4. The summed E-state index contributed by atoms with van der Waals surface area (Å²) in [5.41, 5.74) is 4.78. The number of aliphatic hydroxyl groups is 4. The first-order valence-electron chi connectivity index (χ1n) is 37.5. The molecule has 0 aliphatic heterocycles. The van der Waals surface area contributed by atoms with Crippen molar-refractivity contribution < 1.29 is 89.1 Å². The van der Waals surface area contributed by atoms with E-state index in [9.17, 15) is 43.2 Å². The SMILES string of the molecule is CC(O)(C[NH3+])c1cc(C(C)(C)O[Si](C)(C)C(C)(C)C)cc(-c2ccc(F)c(Cl)c2)n1.COc1cc(C(=O)CCC(C)(O)c2cc(C(C)(C)O)cc(-c3ccc(F)c(Cl)c3)n2)ccc1OC1CC1.COc1cc(C(=O)CCC(C)(O)c2cc(C(C)(C)O[Si](C)(C)C(C)(C)C)cc(-c3ccc(F)c(Cl)c3)n2)ccc1OC1CC1.[Cl-]. The minimum Gasteiger partial charge on any atom is -1.00 e. The molecule has 2 aliphatic carbocycles. The van der Waals surface area contributed by atoms with Crippen molar-refractivity contribution in [2.75, 3.05) is 20.8 Å². The molecular formula is C87H111Cl4F3N4O12Si2. The lowest BCUT2D eigenvalue weighted by atomic mass is 9.88. The van der Waals surface area contributed by atoms with Crippen LogP contribution in [0.1, 0.15) is 210 Å². The van der Waals surface area contributed by atoms with E-state index in [4.69, 9.17) is 67.6 Å². The van der Waals surface area contributed by atoms with E-state index in [0.29, 0.717) is 84.8 Å². The molecule has 16 nitrogen and oxygen atoms in total. The highest BCUT2D eigenvalue weighted by Crippen LogP contribution is 2.47. The second-order valence-corrected chi connectivity index (χ2v) is 45.0. The Labute approximate surface area is 682 Å². The summed E-state index contributed by atoms with van der Waals surface area (Å²) in [6.07, 6.45) is 4.80. The molecule has 5 aromatic carbocycles. The van der Waals surface area contributed by atoms with Gasteiger partial charge in [-0.25, -0.2) is 28.1 Å². The number of nitrogens with zero attached hydrogens (tertiary/aromatic N) is 3. The number of quaternary nitrogens is 1. The predicted octanol–water partition coefficient (Wildman–Crippen LogP) is 17.7. The highest BCUT2D eigenvalue weighted by molar-refractivity contribution is 6.74. The maximum atomic E-state index is 14.0. The fourth-order valence-corrected chi connectivity index (χ4v) is 15.5. The lowest BCUT2D eigenvalue weighted by Gasteiger charge is -2.43. The van der Waals surface area contributed by atoms with Crippen LogP contribution in [0.4, 0.5) is 13.2 Å². The van der Waals surface area contributed by atoms with Gasteiger partial charge >= 0.3 is 0 Å². The second-order valence-electron chi connectivity index (χ2n) is 34.4. The van der Waals surface area contributed by atoms with Gasteiger partial charge in [0.25, 0.3) is 0 Å². The van der Waals surface area contributed by atoms with Crippen LogP contribution in [0, 0.1) is 17.5 Å². The average Bonchev–Trinajstić information content (AvgIpc) is 1.17. The van der Waals surface area contributed by atoms with E-state index in [2.05, 4.69) is 83.4 Å². The summed E-state index contributed by atoms with van der Waals surface area (Å²) in [5, 5.41) is 44.7. The first-order valence-corrected chi connectivity index (χ1v) is 44.5. The molecule has 0 amide bonds.